The maximum absolute atomic E-state index is 12.3. The van der Waals surface area contributed by atoms with Crippen molar-refractivity contribution in [3.05, 3.63) is 57.9 Å². The van der Waals surface area contributed by atoms with E-state index in [-0.39, 0.29) is 11.9 Å². The van der Waals surface area contributed by atoms with Crippen molar-refractivity contribution >= 4 is 11.8 Å². The van der Waals surface area contributed by atoms with E-state index < -0.39 is 0 Å². The third-order valence-electron chi connectivity index (χ3n) is 4.67. The summed E-state index contributed by atoms with van der Waals surface area (Å²) in [6.45, 7) is 6.62. The van der Waals surface area contributed by atoms with Gasteiger partial charge < -0.3 is 10.1 Å². The summed E-state index contributed by atoms with van der Waals surface area (Å²) in [7, 11) is 0. The van der Waals surface area contributed by atoms with Crippen LogP contribution in [0.4, 0.5) is 5.82 Å². The van der Waals surface area contributed by atoms with Gasteiger partial charge in [0.05, 0.1) is 11.3 Å². The molecule has 2 N–H and O–H groups in total. The van der Waals surface area contributed by atoms with Crippen molar-refractivity contribution in [3.63, 3.8) is 0 Å². The quantitative estimate of drug-likeness (QED) is 0.836. The number of ether oxygens (including phenoxy) is 1. The standard InChI is InChI=1S/C18H19N3O2/c1-9(2)11-4-6-12(7-5-11)15-14-10(3)20-21-17(14)19-13-8-23-18(22)16(13)15/h4-7,9,15H,8H2,1-3H3,(H2,19,20,21)/t15-/m0/s1. The van der Waals surface area contributed by atoms with Gasteiger partial charge in [0.1, 0.15) is 6.61 Å². The molecule has 0 saturated carbocycles. The Labute approximate surface area is 134 Å². The monoisotopic (exact) mass is 309 g/mol. The average Bonchev–Trinajstić information content (AvgIpc) is 3.10. The Kier molecular flexibility index (Phi) is 3.04. The maximum atomic E-state index is 12.3. The third-order valence-corrected chi connectivity index (χ3v) is 4.67. The second-order valence-corrected chi connectivity index (χ2v) is 6.46. The van der Waals surface area contributed by atoms with Gasteiger partial charge in [-0.2, -0.15) is 5.10 Å². The van der Waals surface area contributed by atoms with E-state index >= 15 is 0 Å². The number of aryl methyl sites for hydroxylation is 1. The number of anilines is 1. The van der Waals surface area contributed by atoms with Gasteiger partial charge in [0, 0.05) is 17.2 Å². The summed E-state index contributed by atoms with van der Waals surface area (Å²) < 4.78 is 5.24. The Bertz CT molecular complexity index is 815. The topological polar surface area (TPSA) is 67.0 Å². The summed E-state index contributed by atoms with van der Waals surface area (Å²) in [6, 6.07) is 8.49. The molecule has 0 fully saturated rings. The second kappa shape index (κ2) is 4.98. The Morgan fingerprint density at radius 1 is 1.26 bits per heavy atom. The first-order valence-corrected chi connectivity index (χ1v) is 7.88. The highest BCUT2D eigenvalue weighted by molar-refractivity contribution is 5.97. The fourth-order valence-corrected chi connectivity index (χ4v) is 3.39. The molecule has 23 heavy (non-hydrogen) atoms. The number of hydrogen-bond acceptors (Lipinski definition) is 4. The van der Waals surface area contributed by atoms with E-state index in [0.717, 1.165) is 28.3 Å². The Balaban J connectivity index is 1.86. The van der Waals surface area contributed by atoms with Crippen molar-refractivity contribution in [3.8, 4) is 0 Å². The molecule has 2 aliphatic heterocycles. The molecule has 1 aromatic carbocycles. The second-order valence-electron chi connectivity index (χ2n) is 6.46. The summed E-state index contributed by atoms with van der Waals surface area (Å²) >= 11 is 0. The molecule has 5 nitrogen and oxygen atoms in total. The summed E-state index contributed by atoms with van der Waals surface area (Å²) in [5.74, 6) is 0.903. The van der Waals surface area contributed by atoms with Crippen molar-refractivity contribution in [2.75, 3.05) is 11.9 Å². The maximum Gasteiger partial charge on any atom is 0.337 e. The number of hydrogen-bond donors (Lipinski definition) is 2. The molecular weight excluding hydrogens is 290 g/mol. The van der Waals surface area contributed by atoms with Crippen LogP contribution in [0.5, 0.6) is 0 Å². The lowest BCUT2D eigenvalue weighted by Gasteiger charge is -2.24. The molecule has 118 valence electrons. The van der Waals surface area contributed by atoms with Crippen LogP contribution in [0.25, 0.3) is 0 Å². The van der Waals surface area contributed by atoms with Gasteiger partial charge >= 0.3 is 5.97 Å². The van der Waals surface area contributed by atoms with Gasteiger partial charge in [0.25, 0.3) is 0 Å². The molecule has 1 aromatic heterocycles. The molecule has 1 atom stereocenters. The molecule has 5 heteroatoms. The molecule has 0 unspecified atom stereocenters. The molecule has 0 spiro atoms. The van der Waals surface area contributed by atoms with E-state index in [1.165, 1.54) is 5.56 Å². The molecular formula is C18H19N3O2. The number of cyclic esters (lactones) is 1. The number of nitrogens with zero attached hydrogens (tertiary/aromatic N) is 1. The van der Waals surface area contributed by atoms with Crippen molar-refractivity contribution in [2.45, 2.75) is 32.6 Å². The first-order chi connectivity index (χ1) is 11.1. The van der Waals surface area contributed by atoms with Gasteiger partial charge in [-0.1, -0.05) is 38.1 Å². The number of H-pyrrole nitrogens is 1. The minimum Gasteiger partial charge on any atom is -0.456 e. The predicted octanol–water partition coefficient (Wildman–Crippen LogP) is 3.21. The number of benzene rings is 1. The normalized spacial score (nSPS) is 19.5. The Morgan fingerprint density at radius 2 is 2.00 bits per heavy atom. The molecule has 0 aliphatic carbocycles. The minimum absolute atomic E-state index is 0.129. The van der Waals surface area contributed by atoms with Crippen LogP contribution in [0.2, 0.25) is 0 Å². The van der Waals surface area contributed by atoms with E-state index in [4.69, 9.17) is 4.74 Å². The van der Waals surface area contributed by atoms with Gasteiger partial charge in [-0.15, -0.1) is 0 Å². The summed E-state index contributed by atoms with van der Waals surface area (Å²) in [5, 5.41) is 10.6. The molecule has 3 heterocycles. The summed E-state index contributed by atoms with van der Waals surface area (Å²) in [5.41, 5.74) is 5.91. The molecule has 4 rings (SSSR count). The van der Waals surface area contributed by atoms with E-state index in [2.05, 4.69) is 53.6 Å². The van der Waals surface area contributed by atoms with Crippen LogP contribution in [0.15, 0.2) is 35.5 Å². The predicted molar refractivity (Wildman–Crippen MR) is 87.3 cm³/mol. The SMILES string of the molecule is Cc1[nH]nc2c1[C@H](c1ccc(C(C)C)cc1)C1=C(COC1=O)N2. The van der Waals surface area contributed by atoms with Crippen molar-refractivity contribution < 1.29 is 9.53 Å². The summed E-state index contributed by atoms with van der Waals surface area (Å²) in [6.07, 6.45) is 0. The lowest BCUT2D eigenvalue weighted by molar-refractivity contribution is -0.136. The molecule has 0 bridgehead atoms. The summed E-state index contributed by atoms with van der Waals surface area (Å²) in [4.78, 5) is 12.3. The zero-order valence-corrected chi connectivity index (χ0v) is 13.4. The van der Waals surface area contributed by atoms with Crippen LogP contribution >= 0.6 is 0 Å². The average molecular weight is 309 g/mol. The number of fused-ring (bicyclic) bond motifs is 1. The van der Waals surface area contributed by atoms with Crippen molar-refractivity contribution in [1.82, 2.24) is 10.2 Å². The van der Waals surface area contributed by atoms with Gasteiger partial charge in [0.2, 0.25) is 0 Å². The number of carbonyl (C=O) groups is 1. The van der Waals surface area contributed by atoms with Gasteiger partial charge in [0.15, 0.2) is 5.82 Å². The minimum atomic E-state index is -0.239. The van der Waals surface area contributed by atoms with E-state index in [9.17, 15) is 4.79 Å². The molecule has 0 amide bonds. The van der Waals surface area contributed by atoms with E-state index in [1.54, 1.807) is 0 Å². The molecule has 2 aliphatic rings. The van der Waals surface area contributed by atoms with Crippen LogP contribution in [0.1, 0.15) is 48.1 Å². The molecule has 2 aromatic rings. The fourth-order valence-electron chi connectivity index (χ4n) is 3.39. The molecule has 0 radical (unpaired) electrons. The third kappa shape index (κ3) is 2.07. The van der Waals surface area contributed by atoms with Crippen LogP contribution in [0, 0.1) is 6.92 Å². The first-order valence-electron chi connectivity index (χ1n) is 7.88. The number of carbonyl (C=O) groups excluding carboxylic acids is 1. The smallest absolute Gasteiger partial charge is 0.337 e. The number of rotatable bonds is 2. The number of aromatic nitrogens is 2. The van der Waals surface area contributed by atoms with Crippen molar-refractivity contribution in [1.29, 1.82) is 0 Å². The van der Waals surface area contributed by atoms with Gasteiger partial charge in [-0.3, -0.25) is 5.10 Å². The van der Waals surface area contributed by atoms with E-state index in [1.807, 2.05) is 6.92 Å². The number of aromatic amines is 1. The van der Waals surface area contributed by atoms with Crippen LogP contribution < -0.4 is 5.32 Å². The first kappa shape index (κ1) is 14.1. The van der Waals surface area contributed by atoms with Crippen molar-refractivity contribution in [2.24, 2.45) is 0 Å². The Hall–Kier alpha value is -2.56. The lowest BCUT2D eigenvalue weighted by atomic mass is 9.81. The van der Waals surface area contributed by atoms with Gasteiger partial charge in [-0.05, 0) is 24.0 Å². The highest BCUT2D eigenvalue weighted by Crippen LogP contribution is 2.44. The van der Waals surface area contributed by atoms with Crippen LogP contribution in [0.3, 0.4) is 0 Å². The van der Waals surface area contributed by atoms with Gasteiger partial charge in [-0.25, -0.2) is 4.79 Å². The highest BCUT2D eigenvalue weighted by atomic mass is 16.5. The zero-order valence-electron chi connectivity index (χ0n) is 13.4. The number of nitrogens with one attached hydrogen (secondary N) is 2. The lowest BCUT2D eigenvalue weighted by Crippen LogP contribution is -2.19. The molecule has 0 saturated heterocycles. The zero-order chi connectivity index (χ0) is 16.1. The van der Waals surface area contributed by atoms with Crippen LogP contribution in [-0.4, -0.2) is 22.8 Å². The van der Waals surface area contributed by atoms with E-state index in [0.29, 0.717) is 18.1 Å². The van der Waals surface area contributed by atoms with Crippen LogP contribution in [-0.2, 0) is 9.53 Å². The largest absolute Gasteiger partial charge is 0.456 e. The fraction of sp³-hybridized carbons (Fsp3) is 0.333. The highest BCUT2D eigenvalue weighted by Gasteiger charge is 2.40. The number of esters is 1. The Morgan fingerprint density at radius 3 is 2.70 bits per heavy atom.